The number of unbranched alkanes of at least 4 members (excludes halogenated alkanes) is 1. The minimum absolute atomic E-state index is 0.0918. The molecule has 1 aliphatic heterocycles. The van der Waals surface area contributed by atoms with E-state index >= 15 is 0 Å². The fraction of sp³-hybridized carbons (Fsp3) is 0.387. The Kier molecular flexibility index (Phi) is 8.74. The molecule has 2 N–H and O–H groups in total. The van der Waals surface area contributed by atoms with E-state index in [1.165, 1.54) is 4.57 Å². The number of amides is 1. The molecule has 0 aliphatic carbocycles. The summed E-state index contributed by atoms with van der Waals surface area (Å²) in [6, 6.07) is 11.7. The number of aromatic nitrogens is 1. The summed E-state index contributed by atoms with van der Waals surface area (Å²) in [6.07, 6.45) is 3.91. The summed E-state index contributed by atoms with van der Waals surface area (Å²) in [4.78, 5) is 39.2. The Morgan fingerprint density at radius 2 is 1.72 bits per heavy atom. The van der Waals surface area contributed by atoms with Gasteiger partial charge in [0.2, 0.25) is 12.7 Å². The highest BCUT2D eigenvalue weighted by atomic mass is 16.7. The first kappa shape index (κ1) is 28.0. The molecule has 8 heteroatoms. The van der Waals surface area contributed by atoms with Crippen LogP contribution in [0.25, 0.3) is 0 Å². The Bertz CT molecular complexity index is 1410. The normalized spacial score (nSPS) is 13.6. The van der Waals surface area contributed by atoms with Crippen LogP contribution >= 0.6 is 0 Å². The van der Waals surface area contributed by atoms with Gasteiger partial charge >= 0.3 is 5.97 Å². The molecule has 0 saturated heterocycles. The Labute approximate surface area is 228 Å². The summed E-state index contributed by atoms with van der Waals surface area (Å²) in [7, 11) is 0. The van der Waals surface area contributed by atoms with Gasteiger partial charge in [0, 0.05) is 18.2 Å². The number of nitrogens with one attached hydrogen (secondary N) is 1. The number of hydrogen-bond donors (Lipinski definition) is 2. The fourth-order valence-corrected chi connectivity index (χ4v) is 5.19. The molecular weight excluding hydrogens is 496 g/mol. The van der Waals surface area contributed by atoms with Gasteiger partial charge in [-0.15, -0.1) is 0 Å². The number of rotatable bonds is 11. The number of pyridine rings is 1. The lowest BCUT2D eigenvalue weighted by molar-refractivity contribution is -0.138. The fourth-order valence-electron chi connectivity index (χ4n) is 5.19. The van der Waals surface area contributed by atoms with Gasteiger partial charge in [0.15, 0.2) is 11.5 Å². The Balaban J connectivity index is 1.66. The SMILES string of the molecule is CCCC[C@@H](C(=O)N[C@@H](CC(=O)O)c1ccc2c(c1)OCO2)n1cc(C)cc(Cc2cc(C)cc(C)c2)c1=O. The first-order chi connectivity index (χ1) is 18.6. The summed E-state index contributed by atoms with van der Waals surface area (Å²) in [6.45, 7) is 8.09. The molecule has 206 valence electrons. The van der Waals surface area contributed by atoms with Crippen LogP contribution in [0.15, 0.2) is 53.5 Å². The van der Waals surface area contributed by atoms with Crippen LogP contribution in [0.1, 0.15) is 78.1 Å². The van der Waals surface area contributed by atoms with Crippen molar-refractivity contribution >= 4 is 11.9 Å². The van der Waals surface area contributed by atoms with Gasteiger partial charge in [-0.05, 0) is 62.1 Å². The number of hydrogen-bond acceptors (Lipinski definition) is 5. The number of carbonyl (C=O) groups excluding carboxylic acids is 1. The topological polar surface area (TPSA) is 107 Å². The highest BCUT2D eigenvalue weighted by Gasteiger charge is 2.27. The molecule has 8 nitrogen and oxygen atoms in total. The number of carbonyl (C=O) groups is 2. The van der Waals surface area contributed by atoms with Crippen molar-refractivity contribution in [2.24, 2.45) is 0 Å². The van der Waals surface area contributed by atoms with E-state index in [1.54, 1.807) is 24.4 Å². The molecular formula is C31H36N2O6. The van der Waals surface area contributed by atoms with Crippen molar-refractivity contribution in [3.8, 4) is 11.5 Å². The predicted molar refractivity (Wildman–Crippen MR) is 148 cm³/mol. The minimum atomic E-state index is -1.05. The van der Waals surface area contributed by atoms with E-state index in [0.29, 0.717) is 35.5 Å². The van der Waals surface area contributed by atoms with E-state index in [0.717, 1.165) is 35.1 Å². The van der Waals surface area contributed by atoms with E-state index in [2.05, 4.69) is 23.5 Å². The van der Waals surface area contributed by atoms with E-state index in [9.17, 15) is 19.5 Å². The van der Waals surface area contributed by atoms with Crippen LogP contribution in [0, 0.1) is 20.8 Å². The van der Waals surface area contributed by atoms with Gasteiger partial charge in [-0.1, -0.05) is 55.2 Å². The first-order valence-electron chi connectivity index (χ1n) is 13.3. The van der Waals surface area contributed by atoms with Gasteiger partial charge in [0.25, 0.3) is 5.56 Å². The van der Waals surface area contributed by atoms with E-state index in [4.69, 9.17) is 9.47 Å². The van der Waals surface area contributed by atoms with E-state index < -0.39 is 24.0 Å². The van der Waals surface area contributed by atoms with Gasteiger partial charge < -0.3 is 24.5 Å². The maximum atomic E-state index is 13.8. The Morgan fingerprint density at radius 1 is 1.00 bits per heavy atom. The van der Waals surface area contributed by atoms with Crippen LogP contribution in [0.4, 0.5) is 0 Å². The van der Waals surface area contributed by atoms with E-state index in [-0.39, 0.29) is 18.8 Å². The van der Waals surface area contributed by atoms with Gasteiger partial charge in [-0.3, -0.25) is 14.4 Å². The van der Waals surface area contributed by atoms with Crippen LogP contribution in [-0.4, -0.2) is 28.3 Å². The summed E-state index contributed by atoms with van der Waals surface area (Å²) < 4.78 is 12.3. The molecule has 1 amide bonds. The highest BCUT2D eigenvalue weighted by molar-refractivity contribution is 5.81. The lowest BCUT2D eigenvalue weighted by Gasteiger charge is -2.25. The second-order valence-electron chi connectivity index (χ2n) is 10.4. The van der Waals surface area contributed by atoms with E-state index in [1.807, 2.05) is 33.8 Å². The molecule has 2 aromatic carbocycles. The van der Waals surface area contributed by atoms with Gasteiger partial charge in [-0.2, -0.15) is 0 Å². The minimum Gasteiger partial charge on any atom is -0.481 e. The highest BCUT2D eigenvalue weighted by Crippen LogP contribution is 2.35. The molecule has 1 aliphatic rings. The van der Waals surface area contributed by atoms with Crippen molar-refractivity contribution in [3.63, 3.8) is 0 Å². The monoisotopic (exact) mass is 532 g/mol. The number of aliphatic carboxylic acids is 1. The third kappa shape index (κ3) is 6.88. The lowest BCUT2D eigenvalue weighted by atomic mass is 9.99. The van der Waals surface area contributed by atoms with Crippen molar-refractivity contribution in [2.45, 2.75) is 71.9 Å². The molecule has 0 unspecified atom stereocenters. The number of ether oxygens (including phenoxy) is 2. The molecule has 0 fully saturated rings. The summed E-state index contributed by atoms with van der Waals surface area (Å²) in [5, 5.41) is 12.5. The Morgan fingerprint density at radius 3 is 2.41 bits per heavy atom. The average molecular weight is 533 g/mol. The zero-order valence-electron chi connectivity index (χ0n) is 23.0. The zero-order valence-corrected chi connectivity index (χ0v) is 23.0. The molecule has 1 aromatic heterocycles. The summed E-state index contributed by atoms with van der Waals surface area (Å²) in [5.74, 6) is -0.364. The van der Waals surface area contributed by atoms with Crippen LogP contribution in [0.2, 0.25) is 0 Å². The van der Waals surface area contributed by atoms with Crippen LogP contribution < -0.4 is 20.3 Å². The number of aryl methyl sites for hydroxylation is 3. The van der Waals surface area contributed by atoms with Gasteiger partial charge in [0.05, 0.1) is 12.5 Å². The van der Waals surface area contributed by atoms with Crippen molar-refractivity contribution in [2.75, 3.05) is 6.79 Å². The molecule has 3 aromatic rings. The van der Waals surface area contributed by atoms with Gasteiger partial charge in [-0.25, -0.2) is 0 Å². The van der Waals surface area contributed by atoms with Crippen molar-refractivity contribution < 1.29 is 24.2 Å². The second kappa shape index (κ2) is 12.2. The summed E-state index contributed by atoms with van der Waals surface area (Å²) in [5.41, 5.74) is 5.18. The number of carboxylic acids is 1. The molecule has 4 rings (SSSR count). The predicted octanol–water partition coefficient (Wildman–Crippen LogP) is 5.16. The quantitative estimate of drug-likeness (QED) is 0.353. The molecule has 0 spiro atoms. The summed E-state index contributed by atoms with van der Waals surface area (Å²) >= 11 is 0. The van der Waals surface area contributed by atoms with Crippen molar-refractivity contribution in [1.29, 1.82) is 0 Å². The number of fused-ring (bicyclic) bond motifs is 1. The van der Waals surface area contributed by atoms with Gasteiger partial charge in [0.1, 0.15) is 6.04 Å². The third-order valence-corrected chi connectivity index (χ3v) is 6.89. The third-order valence-electron chi connectivity index (χ3n) is 6.89. The van der Waals surface area contributed by atoms with Crippen molar-refractivity contribution in [3.05, 3.63) is 92.4 Å². The standard InChI is InChI=1S/C31H36N2O6/c1-5-6-7-26(30(36)32-25(16-29(34)35)23-8-9-27-28(15-23)39-18-38-27)33-17-21(4)13-24(31(33)37)14-22-11-19(2)10-20(3)12-22/h8-13,15,17,25-26H,5-7,14,16,18H2,1-4H3,(H,32,36)(H,34,35)/t25-,26-/m0/s1. The average Bonchev–Trinajstić information content (AvgIpc) is 3.33. The lowest BCUT2D eigenvalue weighted by Crippen LogP contribution is -2.40. The molecule has 2 heterocycles. The van der Waals surface area contributed by atoms with Crippen LogP contribution in [0.3, 0.4) is 0 Å². The largest absolute Gasteiger partial charge is 0.481 e. The number of nitrogens with zero attached hydrogens (tertiary/aromatic N) is 1. The molecule has 39 heavy (non-hydrogen) atoms. The molecule has 2 atom stereocenters. The zero-order chi connectivity index (χ0) is 28.1. The number of carboxylic acid groups (broad SMARTS) is 1. The molecule has 0 bridgehead atoms. The number of benzene rings is 2. The van der Waals surface area contributed by atoms with Crippen LogP contribution in [-0.2, 0) is 16.0 Å². The Hall–Kier alpha value is -4.07. The first-order valence-corrected chi connectivity index (χ1v) is 13.3. The smallest absolute Gasteiger partial charge is 0.305 e. The maximum Gasteiger partial charge on any atom is 0.305 e. The second-order valence-corrected chi connectivity index (χ2v) is 10.4. The van der Waals surface area contributed by atoms with Crippen LogP contribution in [0.5, 0.6) is 11.5 Å². The maximum absolute atomic E-state index is 13.8. The van der Waals surface area contributed by atoms with Crippen molar-refractivity contribution in [1.82, 2.24) is 9.88 Å². The molecule has 0 saturated carbocycles. The molecule has 0 radical (unpaired) electrons.